The molecule has 0 aliphatic rings. The van der Waals surface area contributed by atoms with Crippen LogP contribution in [0.5, 0.6) is 0 Å². The van der Waals surface area contributed by atoms with Crippen LogP contribution in [-0.2, 0) is 9.84 Å². The fourth-order valence-electron chi connectivity index (χ4n) is 2.18. The number of carbonyl (C=O) groups excluding carboxylic acids is 1. The van der Waals surface area contributed by atoms with Crippen molar-refractivity contribution in [2.75, 3.05) is 5.32 Å². The van der Waals surface area contributed by atoms with E-state index in [2.05, 4.69) is 21.2 Å². The highest BCUT2D eigenvalue weighted by Crippen LogP contribution is 2.25. The third-order valence-corrected chi connectivity index (χ3v) is 5.70. The van der Waals surface area contributed by atoms with Crippen LogP contribution >= 0.6 is 15.9 Å². The van der Waals surface area contributed by atoms with E-state index in [-0.39, 0.29) is 21.4 Å². The molecular formula is C17H11BrN2O6S. The molecule has 138 valence electrons. The van der Waals surface area contributed by atoms with E-state index >= 15 is 0 Å². The first-order valence-corrected chi connectivity index (χ1v) is 9.71. The first kappa shape index (κ1) is 18.8. The van der Waals surface area contributed by atoms with Gasteiger partial charge in [0.15, 0.2) is 5.76 Å². The number of rotatable bonds is 5. The van der Waals surface area contributed by atoms with Gasteiger partial charge in [-0.1, -0.05) is 15.9 Å². The molecule has 0 atom stereocenters. The van der Waals surface area contributed by atoms with Crippen LogP contribution in [0.25, 0.3) is 0 Å². The maximum absolute atomic E-state index is 12.5. The lowest BCUT2D eigenvalue weighted by atomic mass is 10.3. The Labute approximate surface area is 162 Å². The summed E-state index contributed by atoms with van der Waals surface area (Å²) in [7, 11) is -3.90. The van der Waals surface area contributed by atoms with Gasteiger partial charge >= 0.3 is 0 Å². The van der Waals surface area contributed by atoms with Crippen LogP contribution < -0.4 is 5.32 Å². The summed E-state index contributed by atoms with van der Waals surface area (Å²) in [5.74, 6) is -0.884. The van der Waals surface area contributed by atoms with Gasteiger partial charge in [0.05, 0.1) is 9.82 Å². The van der Waals surface area contributed by atoms with Crippen molar-refractivity contribution in [3.63, 3.8) is 0 Å². The van der Waals surface area contributed by atoms with E-state index in [1.807, 2.05) is 0 Å². The molecule has 0 saturated carbocycles. The number of hydrogen-bond donors (Lipinski definition) is 1. The first-order chi connectivity index (χ1) is 12.8. The van der Waals surface area contributed by atoms with E-state index in [0.29, 0.717) is 5.69 Å². The maximum Gasteiger partial charge on any atom is 0.291 e. The largest absolute Gasteiger partial charge is 0.439 e. The Morgan fingerprint density at radius 2 is 1.63 bits per heavy atom. The number of anilines is 1. The molecule has 1 aromatic heterocycles. The molecule has 27 heavy (non-hydrogen) atoms. The van der Waals surface area contributed by atoms with E-state index in [1.165, 1.54) is 48.5 Å². The molecule has 0 unspecified atom stereocenters. The lowest BCUT2D eigenvalue weighted by molar-refractivity contribution is -0.384. The molecule has 0 saturated heterocycles. The minimum Gasteiger partial charge on any atom is -0.439 e. The smallest absolute Gasteiger partial charge is 0.291 e. The van der Waals surface area contributed by atoms with Gasteiger partial charge in [-0.2, -0.15) is 0 Å². The molecule has 8 nitrogen and oxygen atoms in total. The second-order valence-corrected chi connectivity index (χ2v) is 8.13. The van der Waals surface area contributed by atoms with E-state index in [9.17, 15) is 23.3 Å². The number of amides is 1. The van der Waals surface area contributed by atoms with E-state index < -0.39 is 20.7 Å². The Kier molecular flexibility index (Phi) is 5.10. The summed E-state index contributed by atoms with van der Waals surface area (Å²) in [6.07, 6.45) is 0. The molecule has 0 fully saturated rings. The standard InChI is InChI=1S/C17H11BrN2O6S/c18-11-1-7-14(8-2-11)27(24,25)16-10-9-15(26-16)17(21)19-12-3-5-13(6-4-12)20(22)23/h1-10H,(H,19,21). The van der Waals surface area contributed by atoms with Gasteiger partial charge in [-0.15, -0.1) is 0 Å². The Hall–Kier alpha value is -2.98. The number of nitro groups is 1. The number of furan rings is 1. The molecule has 1 heterocycles. The fraction of sp³-hybridized carbons (Fsp3) is 0. The highest BCUT2D eigenvalue weighted by molar-refractivity contribution is 9.10. The third-order valence-electron chi connectivity index (χ3n) is 3.53. The molecule has 0 spiro atoms. The normalized spacial score (nSPS) is 11.1. The van der Waals surface area contributed by atoms with Gasteiger partial charge in [0.1, 0.15) is 0 Å². The topological polar surface area (TPSA) is 120 Å². The maximum atomic E-state index is 12.5. The number of nitrogens with zero attached hydrogens (tertiary/aromatic N) is 1. The van der Waals surface area contributed by atoms with Crippen LogP contribution in [-0.4, -0.2) is 19.2 Å². The molecule has 0 radical (unpaired) electrons. The van der Waals surface area contributed by atoms with E-state index in [1.54, 1.807) is 12.1 Å². The molecule has 1 amide bonds. The molecule has 0 bridgehead atoms. The summed E-state index contributed by atoms with van der Waals surface area (Å²) in [4.78, 5) is 22.3. The van der Waals surface area contributed by atoms with Gasteiger partial charge in [0.2, 0.25) is 14.9 Å². The van der Waals surface area contributed by atoms with Crippen molar-refractivity contribution < 1.29 is 22.6 Å². The number of nitrogens with one attached hydrogen (secondary N) is 1. The van der Waals surface area contributed by atoms with Crippen molar-refractivity contribution in [3.8, 4) is 0 Å². The predicted octanol–water partition coefficient (Wildman–Crippen LogP) is 4.04. The highest BCUT2D eigenvalue weighted by atomic mass is 79.9. The number of carbonyl (C=O) groups is 1. The summed E-state index contributed by atoms with van der Waals surface area (Å²) >= 11 is 3.23. The van der Waals surface area contributed by atoms with Crippen molar-refractivity contribution in [1.29, 1.82) is 0 Å². The molecule has 3 aromatic rings. The van der Waals surface area contributed by atoms with Crippen molar-refractivity contribution in [2.24, 2.45) is 0 Å². The fourth-order valence-corrected chi connectivity index (χ4v) is 3.61. The SMILES string of the molecule is O=C(Nc1ccc([N+](=O)[O-])cc1)c1ccc(S(=O)(=O)c2ccc(Br)cc2)o1. The zero-order chi connectivity index (χ0) is 19.6. The van der Waals surface area contributed by atoms with Crippen LogP contribution in [0.1, 0.15) is 10.6 Å². The zero-order valence-corrected chi connectivity index (χ0v) is 15.9. The second-order valence-electron chi connectivity index (χ2n) is 5.33. The predicted molar refractivity (Wildman–Crippen MR) is 99.4 cm³/mol. The van der Waals surface area contributed by atoms with Crippen molar-refractivity contribution in [1.82, 2.24) is 0 Å². The number of nitro benzene ring substituents is 1. The number of non-ortho nitro benzene ring substituents is 1. The van der Waals surface area contributed by atoms with Crippen molar-refractivity contribution in [2.45, 2.75) is 9.99 Å². The van der Waals surface area contributed by atoms with Gasteiger partial charge in [0.25, 0.3) is 11.6 Å². The Balaban J connectivity index is 1.79. The summed E-state index contributed by atoms with van der Waals surface area (Å²) in [5.41, 5.74) is 0.188. The second kappa shape index (κ2) is 7.33. The van der Waals surface area contributed by atoms with Crippen LogP contribution in [0.3, 0.4) is 0 Å². The first-order valence-electron chi connectivity index (χ1n) is 7.44. The Morgan fingerprint density at radius 1 is 1.00 bits per heavy atom. The minimum absolute atomic E-state index is 0.0300. The van der Waals surface area contributed by atoms with Crippen LogP contribution in [0.15, 0.2) is 79.5 Å². The van der Waals surface area contributed by atoms with Crippen molar-refractivity contribution in [3.05, 3.63) is 81.0 Å². The molecule has 2 aromatic carbocycles. The van der Waals surface area contributed by atoms with Crippen molar-refractivity contribution >= 4 is 43.0 Å². The molecular weight excluding hydrogens is 440 g/mol. The van der Waals surface area contributed by atoms with E-state index in [0.717, 1.165) is 4.47 Å². The van der Waals surface area contributed by atoms with E-state index in [4.69, 9.17) is 4.42 Å². The van der Waals surface area contributed by atoms with Gasteiger partial charge in [-0.25, -0.2) is 8.42 Å². The minimum atomic E-state index is -3.90. The summed E-state index contributed by atoms with van der Waals surface area (Å²) in [5, 5.41) is 12.7. The highest BCUT2D eigenvalue weighted by Gasteiger charge is 2.23. The molecule has 1 N–H and O–H groups in total. The van der Waals surface area contributed by atoms with Crippen LogP contribution in [0, 0.1) is 10.1 Å². The molecule has 0 aliphatic heterocycles. The summed E-state index contributed by atoms with van der Waals surface area (Å²) < 4.78 is 31.0. The number of sulfone groups is 1. The zero-order valence-electron chi connectivity index (χ0n) is 13.5. The Morgan fingerprint density at radius 3 is 2.22 bits per heavy atom. The van der Waals surface area contributed by atoms with Gasteiger partial charge in [-0.3, -0.25) is 14.9 Å². The molecule has 3 rings (SSSR count). The quantitative estimate of drug-likeness (QED) is 0.462. The number of hydrogen-bond acceptors (Lipinski definition) is 6. The van der Waals surface area contributed by atoms with Gasteiger partial charge in [0, 0.05) is 22.3 Å². The average Bonchev–Trinajstić information content (AvgIpc) is 3.14. The molecule has 10 heteroatoms. The Bertz CT molecular complexity index is 1110. The average molecular weight is 451 g/mol. The van der Waals surface area contributed by atoms with Crippen LogP contribution in [0.2, 0.25) is 0 Å². The number of benzene rings is 2. The number of halogens is 1. The third kappa shape index (κ3) is 4.07. The van der Waals surface area contributed by atoms with Gasteiger partial charge in [-0.05, 0) is 48.5 Å². The summed E-state index contributed by atoms with van der Waals surface area (Å²) in [6.45, 7) is 0. The summed E-state index contributed by atoms with van der Waals surface area (Å²) in [6, 6.07) is 13.6. The molecule has 0 aliphatic carbocycles. The monoisotopic (exact) mass is 450 g/mol. The lowest BCUT2D eigenvalue weighted by Crippen LogP contribution is -2.11. The lowest BCUT2D eigenvalue weighted by Gasteiger charge is -2.03. The van der Waals surface area contributed by atoms with Crippen LogP contribution in [0.4, 0.5) is 11.4 Å². The van der Waals surface area contributed by atoms with Gasteiger partial charge < -0.3 is 9.73 Å².